The summed E-state index contributed by atoms with van der Waals surface area (Å²) in [6.07, 6.45) is 3.70. The highest BCUT2D eigenvalue weighted by Crippen LogP contribution is 2.22. The third kappa shape index (κ3) is 3.68. The smallest absolute Gasteiger partial charge is 0.312 e. The Kier molecular flexibility index (Phi) is 4.60. The summed E-state index contributed by atoms with van der Waals surface area (Å²) in [5.41, 5.74) is 1.13. The topological polar surface area (TPSA) is 69.9 Å². The maximum Gasteiger partial charge on any atom is 0.312 e. The molecule has 0 N–H and O–H groups in total. The molecule has 0 atom stereocenters. The molecule has 0 bridgehead atoms. The highest BCUT2D eigenvalue weighted by Gasteiger charge is 2.13. The number of methoxy groups -OCH3 is 1. The molecule has 6 nitrogen and oxygen atoms in total. The summed E-state index contributed by atoms with van der Waals surface area (Å²) in [5, 5.41) is 3.82. The Morgan fingerprint density at radius 2 is 1.96 bits per heavy atom. The number of carbonyl (C=O) groups excluding carboxylic acids is 2. The molecule has 0 saturated heterocycles. The maximum absolute atomic E-state index is 12.3. The number of hydrogen-bond donors (Lipinski definition) is 0. The third-order valence-corrected chi connectivity index (χ3v) is 4.97. The van der Waals surface area contributed by atoms with Crippen LogP contribution < -0.4 is 4.74 Å². The van der Waals surface area contributed by atoms with Crippen LogP contribution in [0.25, 0.3) is 15.7 Å². The Balaban J connectivity index is 1.38. The molecule has 4 aromatic rings. The van der Waals surface area contributed by atoms with Crippen LogP contribution >= 0.6 is 11.3 Å². The van der Waals surface area contributed by atoms with Crippen LogP contribution in [0.15, 0.2) is 54.2 Å². The number of ether oxygens (including phenoxy) is 2. The van der Waals surface area contributed by atoms with Crippen molar-refractivity contribution < 1.29 is 19.1 Å². The van der Waals surface area contributed by atoms with Gasteiger partial charge in [-0.15, -0.1) is 11.3 Å². The molecular weight excluding hydrogens is 364 g/mol. The first-order valence-corrected chi connectivity index (χ1v) is 9.18. The summed E-state index contributed by atoms with van der Waals surface area (Å²) >= 11 is 1.49. The van der Waals surface area contributed by atoms with Gasteiger partial charge in [-0.2, -0.15) is 0 Å². The Bertz CT molecular complexity index is 1120. The normalized spacial score (nSPS) is 11.0. The van der Waals surface area contributed by atoms with Crippen LogP contribution in [-0.4, -0.2) is 34.9 Å². The van der Waals surface area contributed by atoms with Crippen LogP contribution in [0.3, 0.4) is 0 Å². The Labute approximate surface area is 159 Å². The molecule has 0 saturated carbocycles. The number of nitrogens with zero attached hydrogens (tertiary/aromatic N) is 2. The maximum atomic E-state index is 12.3. The minimum Gasteiger partial charge on any atom is -0.497 e. The first-order valence-electron chi connectivity index (χ1n) is 8.30. The number of fused-ring (bicyclic) bond motifs is 2. The van der Waals surface area contributed by atoms with Crippen molar-refractivity contribution >= 4 is 38.8 Å². The fraction of sp³-hybridized carbons (Fsp3) is 0.150. The predicted molar refractivity (Wildman–Crippen MR) is 103 cm³/mol. The zero-order chi connectivity index (χ0) is 18.8. The van der Waals surface area contributed by atoms with Gasteiger partial charge in [0, 0.05) is 23.3 Å². The number of rotatable bonds is 6. The van der Waals surface area contributed by atoms with Crippen molar-refractivity contribution in [3.63, 3.8) is 0 Å². The van der Waals surface area contributed by atoms with E-state index in [2.05, 4.69) is 4.98 Å². The number of hydrogen-bond acceptors (Lipinski definition) is 6. The Morgan fingerprint density at radius 3 is 2.78 bits per heavy atom. The largest absolute Gasteiger partial charge is 0.497 e. The highest BCUT2D eigenvalue weighted by molar-refractivity contribution is 7.15. The quantitative estimate of drug-likeness (QED) is 0.378. The number of ketones is 1. The van der Waals surface area contributed by atoms with Crippen molar-refractivity contribution in [1.82, 2.24) is 9.38 Å². The van der Waals surface area contributed by atoms with E-state index in [9.17, 15) is 9.59 Å². The molecule has 27 heavy (non-hydrogen) atoms. The number of benzene rings is 2. The zero-order valence-corrected chi connectivity index (χ0v) is 15.4. The second kappa shape index (κ2) is 7.20. The fourth-order valence-electron chi connectivity index (χ4n) is 2.81. The number of aromatic nitrogens is 2. The van der Waals surface area contributed by atoms with Gasteiger partial charge in [0.15, 0.2) is 17.4 Å². The van der Waals surface area contributed by atoms with E-state index in [0.717, 1.165) is 21.5 Å². The van der Waals surface area contributed by atoms with Gasteiger partial charge in [0.1, 0.15) is 5.75 Å². The van der Waals surface area contributed by atoms with Crippen molar-refractivity contribution in [2.75, 3.05) is 13.7 Å². The van der Waals surface area contributed by atoms with E-state index in [-0.39, 0.29) is 18.8 Å². The molecule has 136 valence electrons. The molecular formula is C20H16N2O4S. The van der Waals surface area contributed by atoms with Crippen LogP contribution in [0.2, 0.25) is 0 Å². The van der Waals surface area contributed by atoms with Gasteiger partial charge in [-0.25, -0.2) is 4.98 Å². The van der Waals surface area contributed by atoms with Crippen LogP contribution in [0, 0.1) is 0 Å². The van der Waals surface area contributed by atoms with Crippen molar-refractivity contribution in [1.29, 1.82) is 0 Å². The van der Waals surface area contributed by atoms with E-state index >= 15 is 0 Å². The number of Topliss-reactive ketones (excluding diaryl/α,β-unsaturated/α-hetero) is 1. The summed E-state index contributed by atoms with van der Waals surface area (Å²) < 4.78 is 12.2. The molecule has 2 aromatic heterocycles. The lowest BCUT2D eigenvalue weighted by molar-refractivity contribution is -0.141. The highest BCUT2D eigenvalue weighted by atomic mass is 32.1. The van der Waals surface area contributed by atoms with Gasteiger partial charge in [0.05, 0.1) is 19.2 Å². The second-order valence-corrected chi connectivity index (χ2v) is 6.89. The van der Waals surface area contributed by atoms with Crippen molar-refractivity contribution in [2.24, 2.45) is 0 Å². The summed E-state index contributed by atoms with van der Waals surface area (Å²) in [5.74, 6) is 0.0428. The number of esters is 1. The van der Waals surface area contributed by atoms with E-state index in [1.165, 1.54) is 11.3 Å². The first kappa shape index (κ1) is 17.2. The number of thiazole rings is 1. The molecule has 2 aromatic carbocycles. The van der Waals surface area contributed by atoms with E-state index in [4.69, 9.17) is 9.47 Å². The molecule has 4 rings (SSSR count). The molecule has 0 aliphatic heterocycles. The monoisotopic (exact) mass is 380 g/mol. The van der Waals surface area contributed by atoms with Crippen LogP contribution in [0.5, 0.6) is 5.75 Å². The van der Waals surface area contributed by atoms with E-state index < -0.39 is 5.97 Å². The van der Waals surface area contributed by atoms with Gasteiger partial charge in [-0.05, 0) is 29.0 Å². The Morgan fingerprint density at radius 1 is 1.15 bits per heavy atom. The summed E-state index contributed by atoms with van der Waals surface area (Å²) in [4.78, 5) is 29.5. The summed E-state index contributed by atoms with van der Waals surface area (Å²) in [7, 11) is 1.61. The number of carbonyl (C=O) groups is 2. The number of imidazole rings is 1. The Hall–Kier alpha value is -3.19. The van der Waals surface area contributed by atoms with E-state index in [0.29, 0.717) is 11.3 Å². The third-order valence-electron chi connectivity index (χ3n) is 4.20. The molecule has 0 radical (unpaired) electrons. The lowest BCUT2D eigenvalue weighted by Crippen LogP contribution is -2.15. The minimum absolute atomic E-state index is 0.0409. The second-order valence-electron chi connectivity index (χ2n) is 6.01. The molecule has 0 amide bonds. The summed E-state index contributed by atoms with van der Waals surface area (Å²) in [6, 6.07) is 11.0. The first-order chi connectivity index (χ1) is 13.1. The molecule has 7 heteroatoms. The van der Waals surface area contributed by atoms with E-state index in [1.807, 2.05) is 40.2 Å². The van der Waals surface area contributed by atoms with Gasteiger partial charge in [0.2, 0.25) is 0 Å². The van der Waals surface area contributed by atoms with Crippen LogP contribution in [0.4, 0.5) is 0 Å². The van der Waals surface area contributed by atoms with Crippen LogP contribution in [0.1, 0.15) is 16.1 Å². The average Bonchev–Trinajstić information content (AvgIpc) is 3.26. The molecule has 0 spiro atoms. The average molecular weight is 380 g/mol. The molecule has 0 unspecified atom stereocenters. The fourth-order valence-corrected chi connectivity index (χ4v) is 3.53. The van der Waals surface area contributed by atoms with Gasteiger partial charge >= 0.3 is 5.97 Å². The SMILES string of the molecule is COc1ccc2cc(C(=O)COC(=O)Cc3cn4ccsc4n3)ccc2c1. The lowest BCUT2D eigenvalue weighted by Gasteiger charge is -2.06. The van der Waals surface area contributed by atoms with Gasteiger partial charge < -0.3 is 9.47 Å². The van der Waals surface area contributed by atoms with E-state index in [1.54, 1.807) is 25.4 Å². The minimum atomic E-state index is -0.473. The zero-order valence-electron chi connectivity index (χ0n) is 14.5. The van der Waals surface area contributed by atoms with Gasteiger partial charge in [0.25, 0.3) is 0 Å². The van der Waals surface area contributed by atoms with Crippen molar-refractivity contribution in [2.45, 2.75) is 6.42 Å². The van der Waals surface area contributed by atoms with Crippen molar-refractivity contribution in [3.8, 4) is 5.75 Å². The predicted octanol–water partition coefficient (Wildman–Crippen LogP) is 3.53. The van der Waals surface area contributed by atoms with Gasteiger partial charge in [-0.3, -0.25) is 14.0 Å². The summed E-state index contributed by atoms with van der Waals surface area (Å²) in [6.45, 7) is -0.289. The molecule has 0 aliphatic rings. The van der Waals surface area contributed by atoms with Crippen LogP contribution in [-0.2, 0) is 16.0 Å². The van der Waals surface area contributed by atoms with Crippen molar-refractivity contribution in [3.05, 3.63) is 65.4 Å². The lowest BCUT2D eigenvalue weighted by atomic mass is 10.0. The standard InChI is InChI=1S/C20H16N2O4S/c1-25-17-5-4-13-8-15(3-2-14(13)9-17)18(23)12-26-19(24)10-16-11-22-6-7-27-20(22)21-16/h2-9,11H,10,12H2,1H3. The molecule has 2 heterocycles. The van der Waals surface area contributed by atoms with Gasteiger partial charge in [-0.1, -0.05) is 18.2 Å². The molecule has 0 aliphatic carbocycles. The molecule has 0 fully saturated rings.